The van der Waals surface area contributed by atoms with Gasteiger partial charge in [0.1, 0.15) is 5.82 Å². The fourth-order valence-corrected chi connectivity index (χ4v) is 1.57. The van der Waals surface area contributed by atoms with Gasteiger partial charge in [0.05, 0.1) is 13.2 Å². The van der Waals surface area contributed by atoms with Gasteiger partial charge in [0.15, 0.2) is 0 Å². The van der Waals surface area contributed by atoms with Crippen molar-refractivity contribution in [3.8, 4) is 0 Å². The second-order valence-electron chi connectivity index (χ2n) is 3.83. The number of methoxy groups -OCH3 is 1. The number of carbonyl (C=O) groups is 1. The Bertz CT molecular complexity index is 351. The Balaban J connectivity index is 2.42. The highest BCUT2D eigenvalue weighted by Gasteiger charge is 2.09. The summed E-state index contributed by atoms with van der Waals surface area (Å²) in [5.74, 6) is 0.121. The zero-order chi connectivity index (χ0) is 12.7. The summed E-state index contributed by atoms with van der Waals surface area (Å²) in [6, 6.07) is 0. The predicted octanol–water partition coefficient (Wildman–Crippen LogP) is 0.225. The van der Waals surface area contributed by atoms with E-state index < -0.39 is 5.97 Å². The molecule has 0 radical (unpaired) electrons. The number of imidazole rings is 1. The molecule has 1 aromatic rings. The predicted molar refractivity (Wildman–Crippen MR) is 62.9 cm³/mol. The largest absolute Gasteiger partial charge is 0.480 e. The van der Waals surface area contributed by atoms with Crippen molar-refractivity contribution in [2.75, 3.05) is 33.4 Å². The molecule has 0 aliphatic carbocycles. The molecule has 0 amide bonds. The highest BCUT2D eigenvalue weighted by Crippen LogP contribution is 1.97. The number of aromatic nitrogens is 2. The zero-order valence-electron chi connectivity index (χ0n) is 10.3. The van der Waals surface area contributed by atoms with Gasteiger partial charge in [0.2, 0.25) is 0 Å². The minimum absolute atomic E-state index is 0.0388. The minimum Gasteiger partial charge on any atom is -0.480 e. The van der Waals surface area contributed by atoms with Crippen LogP contribution in [0.4, 0.5) is 0 Å². The average molecular weight is 241 g/mol. The van der Waals surface area contributed by atoms with E-state index in [1.54, 1.807) is 13.3 Å². The molecule has 0 aliphatic heterocycles. The molecule has 0 aromatic carbocycles. The molecule has 0 bridgehead atoms. The third-order valence-corrected chi connectivity index (χ3v) is 2.55. The smallest absolute Gasteiger partial charge is 0.317 e. The lowest BCUT2D eigenvalue weighted by Crippen LogP contribution is -2.35. The second kappa shape index (κ2) is 7.03. The first-order valence-electron chi connectivity index (χ1n) is 5.54. The molecule has 0 spiro atoms. The minimum atomic E-state index is -0.816. The summed E-state index contributed by atoms with van der Waals surface area (Å²) < 4.78 is 6.96. The summed E-state index contributed by atoms with van der Waals surface area (Å²) >= 11 is 0. The Kier molecular flexibility index (Phi) is 5.65. The van der Waals surface area contributed by atoms with Crippen LogP contribution >= 0.6 is 0 Å². The van der Waals surface area contributed by atoms with Crippen molar-refractivity contribution in [3.63, 3.8) is 0 Å². The molecule has 0 aliphatic rings. The molecule has 6 nitrogen and oxygen atoms in total. The number of hydrogen-bond acceptors (Lipinski definition) is 4. The quantitative estimate of drug-likeness (QED) is 0.705. The molecule has 1 heterocycles. The maximum atomic E-state index is 10.7. The zero-order valence-corrected chi connectivity index (χ0v) is 10.3. The van der Waals surface area contributed by atoms with Crippen LogP contribution in [-0.2, 0) is 16.1 Å². The van der Waals surface area contributed by atoms with E-state index in [0.29, 0.717) is 19.7 Å². The van der Waals surface area contributed by atoms with E-state index in [9.17, 15) is 4.79 Å². The number of carboxylic acid groups (broad SMARTS) is 1. The van der Waals surface area contributed by atoms with Crippen LogP contribution in [0.2, 0.25) is 0 Å². The van der Waals surface area contributed by atoms with E-state index in [2.05, 4.69) is 4.98 Å². The number of rotatable bonds is 8. The molecule has 0 atom stereocenters. The van der Waals surface area contributed by atoms with Gasteiger partial charge in [-0.25, -0.2) is 4.98 Å². The highest BCUT2D eigenvalue weighted by atomic mass is 16.5. The standard InChI is InChI=1S/C11H19N3O3/c1-10-12-3-4-14(10)6-5-13(7-8-17-2)9-11(15)16/h3-4H,5-9H2,1-2H3,(H,15,16). The van der Waals surface area contributed by atoms with Crippen molar-refractivity contribution >= 4 is 5.97 Å². The second-order valence-corrected chi connectivity index (χ2v) is 3.83. The molecule has 0 saturated heterocycles. The number of hydrogen-bond donors (Lipinski definition) is 1. The molecule has 6 heteroatoms. The Morgan fingerprint density at radius 1 is 1.59 bits per heavy atom. The van der Waals surface area contributed by atoms with E-state index in [-0.39, 0.29) is 6.54 Å². The fourth-order valence-electron chi connectivity index (χ4n) is 1.57. The number of carboxylic acids is 1. The number of ether oxygens (including phenoxy) is 1. The first-order chi connectivity index (χ1) is 8.13. The van der Waals surface area contributed by atoms with Gasteiger partial charge in [-0.1, -0.05) is 0 Å². The third-order valence-electron chi connectivity index (χ3n) is 2.55. The molecule has 96 valence electrons. The summed E-state index contributed by atoms with van der Waals surface area (Å²) in [6.45, 7) is 4.54. The molecule has 17 heavy (non-hydrogen) atoms. The van der Waals surface area contributed by atoms with Gasteiger partial charge in [-0.05, 0) is 6.92 Å². The van der Waals surface area contributed by atoms with Crippen LogP contribution in [0.25, 0.3) is 0 Å². The van der Waals surface area contributed by atoms with Gasteiger partial charge in [-0.3, -0.25) is 9.69 Å². The van der Waals surface area contributed by atoms with Gasteiger partial charge in [-0.15, -0.1) is 0 Å². The van der Waals surface area contributed by atoms with Crippen molar-refractivity contribution in [1.29, 1.82) is 0 Å². The molecule has 1 N–H and O–H groups in total. The van der Waals surface area contributed by atoms with Crippen LogP contribution in [0.1, 0.15) is 5.82 Å². The maximum Gasteiger partial charge on any atom is 0.317 e. The summed E-state index contributed by atoms with van der Waals surface area (Å²) in [5, 5.41) is 8.79. The van der Waals surface area contributed by atoms with Crippen molar-refractivity contribution in [2.24, 2.45) is 0 Å². The van der Waals surface area contributed by atoms with Crippen molar-refractivity contribution in [2.45, 2.75) is 13.5 Å². The van der Waals surface area contributed by atoms with Gasteiger partial charge in [0, 0.05) is 39.1 Å². The number of aliphatic carboxylic acids is 1. The first kappa shape index (κ1) is 13.7. The van der Waals surface area contributed by atoms with Crippen LogP contribution in [0.15, 0.2) is 12.4 Å². The van der Waals surface area contributed by atoms with Crippen molar-refractivity contribution in [1.82, 2.24) is 14.5 Å². The number of aryl methyl sites for hydroxylation is 1. The van der Waals surface area contributed by atoms with Gasteiger partial charge >= 0.3 is 5.97 Å². The van der Waals surface area contributed by atoms with Crippen molar-refractivity contribution < 1.29 is 14.6 Å². The third kappa shape index (κ3) is 4.97. The Morgan fingerprint density at radius 2 is 2.35 bits per heavy atom. The fraction of sp³-hybridized carbons (Fsp3) is 0.636. The molecule has 0 unspecified atom stereocenters. The molecular formula is C11H19N3O3. The Hall–Kier alpha value is -1.40. The molecule has 0 saturated carbocycles. The highest BCUT2D eigenvalue weighted by molar-refractivity contribution is 5.69. The monoisotopic (exact) mass is 241 g/mol. The van der Waals surface area contributed by atoms with Crippen LogP contribution in [-0.4, -0.2) is 58.9 Å². The summed E-state index contributed by atoms with van der Waals surface area (Å²) in [5.41, 5.74) is 0. The average Bonchev–Trinajstić information content (AvgIpc) is 2.67. The van der Waals surface area contributed by atoms with E-state index >= 15 is 0 Å². The van der Waals surface area contributed by atoms with Gasteiger partial charge in [0.25, 0.3) is 0 Å². The lowest BCUT2D eigenvalue weighted by molar-refractivity contribution is -0.138. The summed E-state index contributed by atoms with van der Waals surface area (Å²) in [6.07, 6.45) is 3.64. The Labute approximate surface area is 101 Å². The molecule has 0 fully saturated rings. The molecular weight excluding hydrogens is 222 g/mol. The molecule has 1 rings (SSSR count). The van der Waals surface area contributed by atoms with Crippen LogP contribution in [0, 0.1) is 6.92 Å². The summed E-state index contributed by atoms with van der Waals surface area (Å²) in [7, 11) is 1.61. The maximum absolute atomic E-state index is 10.7. The lowest BCUT2D eigenvalue weighted by Gasteiger charge is -2.20. The van der Waals surface area contributed by atoms with Crippen LogP contribution in [0.5, 0.6) is 0 Å². The topological polar surface area (TPSA) is 67.6 Å². The van der Waals surface area contributed by atoms with Crippen molar-refractivity contribution in [3.05, 3.63) is 18.2 Å². The Morgan fingerprint density at radius 3 is 2.88 bits per heavy atom. The summed E-state index contributed by atoms with van der Waals surface area (Å²) in [4.78, 5) is 16.7. The van der Waals surface area contributed by atoms with E-state index in [1.807, 2.05) is 22.6 Å². The van der Waals surface area contributed by atoms with Gasteiger partial charge < -0.3 is 14.4 Å². The number of nitrogens with zero attached hydrogens (tertiary/aromatic N) is 3. The first-order valence-corrected chi connectivity index (χ1v) is 5.54. The van der Waals surface area contributed by atoms with E-state index in [4.69, 9.17) is 9.84 Å². The van der Waals surface area contributed by atoms with Crippen LogP contribution < -0.4 is 0 Å². The SMILES string of the molecule is COCCN(CCn1ccnc1C)CC(=O)O. The molecule has 1 aromatic heterocycles. The normalized spacial score (nSPS) is 11.0. The van der Waals surface area contributed by atoms with E-state index in [1.165, 1.54) is 0 Å². The van der Waals surface area contributed by atoms with Crippen LogP contribution in [0.3, 0.4) is 0 Å². The lowest BCUT2D eigenvalue weighted by atomic mass is 10.4. The van der Waals surface area contributed by atoms with E-state index in [0.717, 1.165) is 12.4 Å². The van der Waals surface area contributed by atoms with Gasteiger partial charge in [-0.2, -0.15) is 0 Å².